The second kappa shape index (κ2) is 7.13. The van der Waals surface area contributed by atoms with Crippen molar-refractivity contribution in [1.82, 2.24) is 10.3 Å². The van der Waals surface area contributed by atoms with E-state index >= 15 is 0 Å². The number of nitrogens with zero attached hydrogens (tertiary/aromatic N) is 2. The Kier molecular flexibility index (Phi) is 5.22. The van der Waals surface area contributed by atoms with Gasteiger partial charge in [-0.2, -0.15) is 0 Å². The fraction of sp³-hybridized carbons (Fsp3) is 0.312. The summed E-state index contributed by atoms with van der Waals surface area (Å²) < 4.78 is 26.5. The molecule has 1 heterocycles. The maximum Gasteiger partial charge on any atom is 0.141 e. The fourth-order valence-electron chi connectivity index (χ4n) is 2.18. The molecule has 2 aromatic rings. The Morgan fingerprint density at radius 1 is 1.10 bits per heavy atom. The van der Waals surface area contributed by atoms with Gasteiger partial charge in [0.05, 0.1) is 6.20 Å². The molecular weight excluding hydrogens is 272 g/mol. The van der Waals surface area contributed by atoms with Crippen LogP contribution in [0.25, 0.3) is 0 Å². The molecule has 1 aromatic carbocycles. The molecule has 1 N–H and O–H groups in total. The average molecular weight is 291 g/mol. The Bertz CT molecular complexity index is 585. The molecule has 0 aliphatic carbocycles. The number of halogens is 2. The van der Waals surface area contributed by atoms with Gasteiger partial charge in [0.1, 0.15) is 17.5 Å². The standard InChI is InChI=1S/C16H19F2N3/c1-3-19-10-12-9-14(18)11-20-16(12)21(4-2)15-7-5-13(17)6-8-15/h5-9,11,19H,3-4,10H2,1-2H3. The number of pyridine rings is 1. The first kappa shape index (κ1) is 15.4. The first-order valence-corrected chi connectivity index (χ1v) is 7.04. The summed E-state index contributed by atoms with van der Waals surface area (Å²) in [5.74, 6) is 0.0445. The SMILES string of the molecule is CCNCc1cc(F)cnc1N(CC)c1ccc(F)cc1. The largest absolute Gasteiger partial charge is 0.326 e. The van der Waals surface area contributed by atoms with Gasteiger partial charge in [0.25, 0.3) is 0 Å². The molecule has 3 nitrogen and oxygen atoms in total. The van der Waals surface area contributed by atoms with Crippen LogP contribution in [0.15, 0.2) is 36.5 Å². The lowest BCUT2D eigenvalue weighted by molar-refractivity contribution is 0.614. The van der Waals surface area contributed by atoms with Crippen molar-refractivity contribution in [2.24, 2.45) is 0 Å². The van der Waals surface area contributed by atoms with Crippen molar-refractivity contribution in [2.45, 2.75) is 20.4 Å². The number of nitrogens with one attached hydrogen (secondary N) is 1. The Labute approximate surface area is 123 Å². The lowest BCUT2D eigenvalue weighted by Gasteiger charge is -2.24. The van der Waals surface area contributed by atoms with Gasteiger partial charge in [-0.05, 0) is 43.8 Å². The third-order valence-corrected chi connectivity index (χ3v) is 3.19. The maximum atomic E-state index is 13.4. The van der Waals surface area contributed by atoms with Crippen LogP contribution in [0.4, 0.5) is 20.3 Å². The monoisotopic (exact) mass is 291 g/mol. The highest BCUT2D eigenvalue weighted by molar-refractivity contribution is 5.62. The van der Waals surface area contributed by atoms with Crippen molar-refractivity contribution in [3.63, 3.8) is 0 Å². The van der Waals surface area contributed by atoms with E-state index in [0.717, 1.165) is 17.8 Å². The minimum absolute atomic E-state index is 0.283. The molecule has 0 spiro atoms. The molecule has 1 aromatic heterocycles. The fourth-order valence-corrected chi connectivity index (χ4v) is 2.18. The second-order valence-corrected chi connectivity index (χ2v) is 4.64. The van der Waals surface area contributed by atoms with E-state index in [0.29, 0.717) is 18.9 Å². The van der Waals surface area contributed by atoms with E-state index in [1.54, 1.807) is 12.1 Å². The number of aromatic nitrogens is 1. The molecule has 0 fully saturated rings. The average Bonchev–Trinajstić information content (AvgIpc) is 2.49. The summed E-state index contributed by atoms with van der Waals surface area (Å²) in [5, 5.41) is 3.18. The van der Waals surface area contributed by atoms with Crippen molar-refractivity contribution >= 4 is 11.5 Å². The molecule has 0 aliphatic rings. The van der Waals surface area contributed by atoms with Crippen molar-refractivity contribution in [2.75, 3.05) is 18.0 Å². The Morgan fingerprint density at radius 2 is 1.81 bits per heavy atom. The first-order chi connectivity index (χ1) is 10.2. The van der Waals surface area contributed by atoms with Gasteiger partial charge in [0.2, 0.25) is 0 Å². The van der Waals surface area contributed by atoms with Crippen LogP contribution in [0.5, 0.6) is 0 Å². The van der Waals surface area contributed by atoms with Gasteiger partial charge in [0, 0.05) is 24.3 Å². The molecule has 21 heavy (non-hydrogen) atoms. The van der Waals surface area contributed by atoms with E-state index in [9.17, 15) is 8.78 Å². The Balaban J connectivity index is 2.39. The van der Waals surface area contributed by atoms with Crippen LogP contribution in [0.3, 0.4) is 0 Å². The molecule has 0 saturated heterocycles. The lowest BCUT2D eigenvalue weighted by Crippen LogP contribution is -2.22. The van der Waals surface area contributed by atoms with Gasteiger partial charge >= 0.3 is 0 Å². The van der Waals surface area contributed by atoms with Crippen molar-refractivity contribution in [3.8, 4) is 0 Å². The topological polar surface area (TPSA) is 28.2 Å². The summed E-state index contributed by atoms with van der Waals surface area (Å²) in [6.45, 7) is 5.95. The molecule has 0 radical (unpaired) electrons. The quantitative estimate of drug-likeness (QED) is 0.881. The highest BCUT2D eigenvalue weighted by Crippen LogP contribution is 2.27. The highest BCUT2D eigenvalue weighted by atomic mass is 19.1. The number of hydrogen-bond acceptors (Lipinski definition) is 3. The first-order valence-electron chi connectivity index (χ1n) is 7.04. The van der Waals surface area contributed by atoms with Crippen LogP contribution in [0.2, 0.25) is 0 Å². The van der Waals surface area contributed by atoms with Gasteiger partial charge in [-0.15, -0.1) is 0 Å². The molecule has 0 amide bonds. The predicted molar refractivity (Wildman–Crippen MR) is 80.7 cm³/mol. The van der Waals surface area contributed by atoms with Gasteiger partial charge in [-0.1, -0.05) is 6.92 Å². The molecule has 0 aliphatic heterocycles. The molecule has 0 bridgehead atoms. The zero-order valence-electron chi connectivity index (χ0n) is 12.2. The second-order valence-electron chi connectivity index (χ2n) is 4.64. The van der Waals surface area contributed by atoms with Gasteiger partial charge < -0.3 is 10.2 Å². The number of benzene rings is 1. The summed E-state index contributed by atoms with van der Waals surface area (Å²) in [4.78, 5) is 6.15. The number of rotatable bonds is 6. The summed E-state index contributed by atoms with van der Waals surface area (Å²) in [5.41, 5.74) is 1.61. The summed E-state index contributed by atoms with van der Waals surface area (Å²) in [6.07, 6.45) is 1.21. The minimum atomic E-state index is -0.359. The van der Waals surface area contributed by atoms with Gasteiger partial charge in [-0.3, -0.25) is 0 Å². The molecule has 5 heteroatoms. The molecule has 0 atom stereocenters. The van der Waals surface area contributed by atoms with Crippen LogP contribution < -0.4 is 10.2 Å². The molecule has 0 saturated carbocycles. The zero-order valence-corrected chi connectivity index (χ0v) is 12.2. The van der Waals surface area contributed by atoms with E-state index in [2.05, 4.69) is 10.3 Å². The third kappa shape index (κ3) is 3.76. The van der Waals surface area contributed by atoms with E-state index in [1.165, 1.54) is 24.4 Å². The van der Waals surface area contributed by atoms with Crippen molar-refractivity contribution in [3.05, 3.63) is 53.7 Å². The highest BCUT2D eigenvalue weighted by Gasteiger charge is 2.14. The van der Waals surface area contributed by atoms with Crippen LogP contribution in [0.1, 0.15) is 19.4 Å². The summed E-state index contributed by atoms with van der Waals surface area (Å²) in [7, 11) is 0. The summed E-state index contributed by atoms with van der Waals surface area (Å²) >= 11 is 0. The molecular formula is C16H19F2N3. The van der Waals surface area contributed by atoms with Crippen LogP contribution >= 0.6 is 0 Å². The van der Waals surface area contributed by atoms with E-state index in [4.69, 9.17) is 0 Å². The smallest absolute Gasteiger partial charge is 0.141 e. The van der Waals surface area contributed by atoms with E-state index in [1.807, 2.05) is 18.7 Å². The molecule has 0 unspecified atom stereocenters. The predicted octanol–water partition coefficient (Wildman–Crippen LogP) is 3.63. The lowest BCUT2D eigenvalue weighted by atomic mass is 10.2. The Hall–Kier alpha value is -2.01. The molecule has 2 rings (SSSR count). The van der Waals surface area contributed by atoms with Crippen molar-refractivity contribution in [1.29, 1.82) is 0 Å². The third-order valence-electron chi connectivity index (χ3n) is 3.19. The van der Waals surface area contributed by atoms with Crippen molar-refractivity contribution < 1.29 is 8.78 Å². The zero-order chi connectivity index (χ0) is 15.2. The van der Waals surface area contributed by atoms with Crippen LogP contribution in [-0.4, -0.2) is 18.1 Å². The van der Waals surface area contributed by atoms with E-state index < -0.39 is 0 Å². The Morgan fingerprint density at radius 3 is 2.43 bits per heavy atom. The van der Waals surface area contributed by atoms with Crippen LogP contribution in [0, 0.1) is 11.6 Å². The molecule has 112 valence electrons. The number of anilines is 2. The van der Waals surface area contributed by atoms with Crippen LogP contribution in [-0.2, 0) is 6.54 Å². The van der Waals surface area contributed by atoms with E-state index in [-0.39, 0.29) is 11.6 Å². The van der Waals surface area contributed by atoms with Gasteiger partial charge in [-0.25, -0.2) is 13.8 Å². The minimum Gasteiger partial charge on any atom is -0.326 e. The normalized spacial score (nSPS) is 10.7. The number of hydrogen-bond donors (Lipinski definition) is 1. The summed E-state index contributed by atoms with van der Waals surface area (Å²) in [6, 6.07) is 7.69. The maximum absolute atomic E-state index is 13.4. The van der Waals surface area contributed by atoms with Gasteiger partial charge in [0.15, 0.2) is 0 Å².